The van der Waals surface area contributed by atoms with Crippen molar-refractivity contribution < 1.29 is 102 Å². The summed E-state index contributed by atoms with van der Waals surface area (Å²) < 4.78 is 204. The summed E-state index contributed by atoms with van der Waals surface area (Å²) in [5, 5.41) is 12.3. The van der Waals surface area contributed by atoms with Gasteiger partial charge in [-0.1, -0.05) is 12.1 Å². The zero-order chi connectivity index (χ0) is 61.6. The second-order valence-electron chi connectivity index (χ2n) is 17.5. The number of hydrogen-bond acceptors (Lipinski definition) is 17. The molecule has 8 aromatic rings. The van der Waals surface area contributed by atoms with Crippen LogP contribution in [0.2, 0.25) is 0 Å². The van der Waals surface area contributed by atoms with Crippen LogP contribution < -0.4 is 31.9 Å². The number of nitrogens with one attached hydrogen (secondary N) is 6. The van der Waals surface area contributed by atoms with Crippen LogP contribution in [-0.4, -0.2) is 107 Å². The monoisotopic (exact) mass is 1270 g/mol. The number of anilines is 6. The first-order chi connectivity index (χ1) is 38.9. The Bertz CT molecular complexity index is 4560. The van der Waals surface area contributed by atoms with Crippen molar-refractivity contribution in [3.8, 4) is 0 Å². The molecule has 35 heteroatoms. The summed E-state index contributed by atoms with van der Waals surface area (Å²) >= 11 is 0. The molecule has 29 nitrogen and oxygen atoms in total. The van der Waals surface area contributed by atoms with Gasteiger partial charge in [-0.25, -0.2) is 4.79 Å². The van der Waals surface area contributed by atoms with Crippen LogP contribution in [-0.2, 0) is 60.7 Å². The second-order valence-corrected chi connectivity index (χ2v) is 26.0. The summed E-state index contributed by atoms with van der Waals surface area (Å²) in [6, 6.07) is 24.6. The molecule has 0 radical (unpaired) electrons. The standard InChI is InChI=1S/C49H36N6O23S6/c56-45(50-33-5-1-3-27(15-33)47(58)54-39-21-35(79(61,62)63)17-29-19-37(81(67,68)69)23-41(43(29)39)83(73,74)75)25-7-11-31(12-8-25)52-49(60)53-32-13-9-26(10-14-32)46(57)51-34-6-2-4-28(16-34)48(59)55-40-22-36(80(64,65)66)18-30-20-38(82(70,71)72)24-42(44(30)40)84(76,77)78/h1-24H,(H,50,56)(H,51,57)(H,54,58)(H,55,59)(H2,52,53,60)(H,61,62,63)(H,64,65,66)(H,67,68,69)(H,70,71,72)(H,73,74,75)(H,76,77,78). The fourth-order valence-corrected chi connectivity index (χ4v) is 11.9. The van der Waals surface area contributed by atoms with Gasteiger partial charge in [0.25, 0.3) is 84.3 Å². The van der Waals surface area contributed by atoms with Gasteiger partial charge in [0.2, 0.25) is 0 Å². The first kappa shape index (κ1) is 61.0. The first-order valence-electron chi connectivity index (χ1n) is 22.7. The van der Waals surface area contributed by atoms with Gasteiger partial charge in [-0.2, -0.15) is 50.5 Å². The predicted molar refractivity (Wildman–Crippen MR) is 297 cm³/mol. The highest BCUT2D eigenvalue weighted by Gasteiger charge is 2.28. The molecule has 84 heavy (non-hydrogen) atoms. The minimum Gasteiger partial charge on any atom is -0.322 e. The molecule has 0 fully saturated rings. The molecular weight excluding hydrogens is 1230 g/mol. The molecule has 8 rings (SSSR count). The molecule has 12 N–H and O–H groups in total. The normalized spacial score (nSPS) is 12.3. The highest BCUT2D eigenvalue weighted by atomic mass is 32.2. The third kappa shape index (κ3) is 14.2. The summed E-state index contributed by atoms with van der Waals surface area (Å²) in [6.07, 6.45) is 0. The molecule has 0 unspecified atom stereocenters. The van der Waals surface area contributed by atoms with E-state index < -0.39 is 153 Å². The van der Waals surface area contributed by atoms with Gasteiger partial charge in [0.1, 0.15) is 9.79 Å². The van der Waals surface area contributed by atoms with Crippen molar-refractivity contribution in [2.24, 2.45) is 0 Å². The van der Waals surface area contributed by atoms with Crippen LogP contribution in [0.3, 0.4) is 0 Å². The molecule has 0 saturated heterocycles. The molecule has 0 aromatic heterocycles. The Labute approximate surface area is 474 Å². The largest absolute Gasteiger partial charge is 0.323 e. The van der Waals surface area contributed by atoms with Gasteiger partial charge in [0.05, 0.1) is 31.0 Å². The molecule has 0 bridgehead atoms. The van der Waals surface area contributed by atoms with Gasteiger partial charge in [-0.15, -0.1) is 0 Å². The number of fused-ring (bicyclic) bond motifs is 2. The maximum Gasteiger partial charge on any atom is 0.323 e. The van der Waals surface area contributed by atoms with Crippen molar-refractivity contribution in [1.29, 1.82) is 0 Å². The summed E-state index contributed by atoms with van der Waals surface area (Å²) in [5.41, 5.74) is -1.23. The molecule has 6 amide bonds. The highest BCUT2D eigenvalue weighted by molar-refractivity contribution is 7.87. The van der Waals surface area contributed by atoms with E-state index in [1.807, 2.05) is 0 Å². The number of carbonyl (C=O) groups excluding carboxylic acids is 5. The van der Waals surface area contributed by atoms with Gasteiger partial charge < -0.3 is 31.9 Å². The number of urea groups is 1. The molecule has 0 saturated carbocycles. The number of hydrogen-bond donors (Lipinski definition) is 12. The molecule has 0 heterocycles. The lowest BCUT2D eigenvalue weighted by atomic mass is 10.1. The van der Waals surface area contributed by atoms with E-state index in [-0.39, 0.29) is 45.0 Å². The molecule has 0 atom stereocenters. The van der Waals surface area contributed by atoms with Crippen molar-refractivity contribution in [3.63, 3.8) is 0 Å². The van der Waals surface area contributed by atoms with E-state index in [0.29, 0.717) is 48.5 Å². The third-order valence-corrected chi connectivity index (χ3v) is 16.8. The Morgan fingerprint density at radius 2 is 0.583 bits per heavy atom. The van der Waals surface area contributed by atoms with Crippen LogP contribution in [0.15, 0.2) is 175 Å². The van der Waals surface area contributed by atoms with Crippen molar-refractivity contribution in [2.75, 3.05) is 31.9 Å². The maximum atomic E-state index is 13.5. The summed E-state index contributed by atoms with van der Waals surface area (Å²) in [7, 11) is -31.2. The van der Waals surface area contributed by atoms with E-state index in [1.165, 1.54) is 84.9 Å². The average Bonchev–Trinajstić information content (AvgIpc) is 3.21. The van der Waals surface area contributed by atoms with Gasteiger partial charge >= 0.3 is 6.03 Å². The Hall–Kier alpha value is -9.11. The minimum absolute atomic E-state index is 0.0226. The molecule has 436 valence electrons. The zero-order valence-electron chi connectivity index (χ0n) is 41.4. The van der Waals surface area contributed by atoms with Crippen molar-refractivity contribution in [3.05, 3.63) is 168 Å². The number of amides is 6. The van der Waals surface area contributed by atoms with Crippen LogP contribution in [0.1, 0.15) is 41.4 Å². The lowest BCUT2D eigenvalue weighted by Gasteiger charge is -2.15. The molecule has 8 aromatic carbocycles. The van der Waals surface area contributed by atoms with Gasteiger partial charge in [0.15, 0.2) is 0 Å². The van der Waals surface area contributed by atoms with Gasteiger partial charge in [-0.3, -0.25) is 46.5 Å². The Morgan fingerprint density at radius 3 is 0.881 bits per heavy atom. The van der Waals surface area contributed by atoms with Crippen molar-refractivity contribution >= 4 is 146 Å². The molecule has 0 spiro atoms. The average molecular weight is 1270 g/mol. The Morgan fingerprint density at radius 1 is 0.286 bits per heavy atom. The van der Waals surface area contributed by atoms with Crippen molar-refractivity contribution in [1.82, 2.24) is 0 Å². The van der Waals surface area contributed by atoms with E-state index in [2.05, 4.69) is 31.9 Å². The van der Waals surface area contributed by atoms with Crippen LogP contribution in [0.25, 0.3) is 21.5 Å². The molecule has 0 aliphatic carbocycles. The van der Waals surface area contributed by atoms with Crippen LogP contribution in [0.4, 0.5) is 38.9 Å². The number of rotatable bonds is 16. The van der Waals surface area contributed by atoms with E-state index in [4.69, 9.17) is 0 Å². The second kappa shape index (κ2) is 22.6. The Kier molecular flexibility index (Phi) is 16.4. The van der Waals surface area contributed by atoms with E-state index in [9.17, 15) is 102 Å². The van der Waals surface area contributed by atoms with E-state index in [1.54, 1.807) is 0 Å². The van der Waals surface area contributed by atoms with E-state index >= 15 is 0 Å². The lowest BCUT2D eigenvalue weighted by Crippen LogP contribution is -2.20. The minimum atomic E-state index is -5.35. The molecular formula is C49H36N6O23S6. The summed E-state index contributed by atoms with van der Waals surface area (Å²) in [5.74, 6) is -3.57. The van der Waals surface area contributed by atoms with Crippen LogP contribution in [0, 0.1) is 0 Å². The predicted octanol–water partition coefficient (Wildman–Crippen LogP) is 6.13. The molecule has 0 aliphatic rings. The highest BCUT2D eigenvalue weighted by Crippen LogP contribution is 2.38. The van der Waals surface area contributed by atoms with Gasteiger partial charge in [0, 0.05) is 55.8 Å². The Balaban J connectivity index is 0.888. The SMILES string of the molecule is O=C(Nc1ccc(C(=O)Nc2cccc(C(=O)Nc3cc(S(=O)(=O)O)cc4cc(S(=O)(=O)O)cc(S(=O)(=O)O)c34)c2)cc1)Nc1ccc(C(=O)Nc2cccc(C(=O)Nc3cc(S(=O)(=O)O)cc4cc(S(=O)(=O)O)cc(S(=O)(=O)O)c34)c2)cc1. The van der Waals surface area contributed by atoms with Crippen LogP contribution >= 0.6 is 0 Å². The number of benzene rings is 8. The lowest BCUT2D eigenvalue weighted by molar-refractivity contribution is 0.101. The fourth-order valence-electron chi connectivity index (χ4n) is 8.02. The maximum absolute atomic E-state index is 13.5. The quantitative estimate of drug-likeness (QED) is 0.0484. The number of carbonyl (C=O) groups is 5. The smallest absolute Gasteiger partial charge is 0.322 e. The van der Waals surface area contributed by atoms with Crippen molar-refractivity contribution in [2.45, 2.75) is 29.4 Å². The summed E-state index contributed by atoms with van der Waals surface area (Å²) in [4.78, 5) is 60.0. The van der Waals surface area contributed by atoms with E-state index in [0.717, 1.165) is 12.1 Å². The zero-order valence-corrected chi connectivity index (χ0v) is 46.3. The van der Waals surface area contributed by atoms with Gasteiger partial charge in [-0.05, 0) is 144 Å². The summed E-state index contributed by atoms with van der Waals surface area (Å²) in [6.45, 7) is 0. The van der Waals surface area contributed by atoms with Crippen LogP contribution in [0.5, 0.6) is 0 Å². The first-order valence-corrected chi connectivity index (χ1v) is 31.4. The third-order valence-electron chi connectivity index (χ3n) is 11.7. The topological polar surface area (TPSA) is 484 Å². The molecule has 0 aliphatic heterocycles. The fraction of sp³-hybridized carbons (Fsp3) is 0.